The zero-order chi connectivity index (χ0) is 42.3. The molecule has 0 fully saturated rings. The van der Waals surface area contributed by atoms with E-state index in [4.69, 9.17) is 11.3 Å². The Bertz CT molecular complexity index is 2860. The Morgan fingerprint density at radius 2 is 1.35 bits per heavy atom. The van der Waals surface area contributed by atoms with Gasteiger partial charge in [-0.05, 0) is 107 Å². The van der Waals surface area contributed by atoms with Crippen molar-refractivity contribution in [2.45, 2.75) is 80.5 Å². The SMILES string of the molecule is [2H]C([2H])([2H])c1ccc2c(n1)oc1c(-c3n(-c4c(C(C)C)cc(-c5ccc(-c6ccc(C([2H])([2H])C(C)(C)C)cc6)cc5)cc4C(C)C)c4ccccc4[n+]3C)c(C)ccc12. The zero-order valence-corrected chi connectivity index (χ0v) is 32.8. The Morgan fingerprint density at radius 3 is 1.96 bits per heavy atom. The molecule has 0 bridgehead atoms. The van der Waals surface area contributed by atoms with E-state index in [-0.39, 0.29) is 17.5 Å². The lowest BCUT2D eigenvalue weighted by Crippen LogP contribution is -2.30. The van der Waals surface area contributed by atoms with Crippen molar-refractivity contribution in [3.63, 3.8) is 0 Å². The van der Waals surface area contributed by atoms with Crippen LogP contribution in [-0.2, 0) is 13.4 Å². The van der Waals surface area contributed by atoms with Gasteiger partial charge in [0, 0.05) is 34.4 Å². The van der Waals surface area contributed by atoms with Crippen LogP contribution in [0.3, 0.4) is 0 Å². The summed E-state index contributed by atoms with van der Waals surface area (Å²) in [5.74, 6) is 1.32. The van der Waals surface area contributed by atoms with Crippen LogP contribution in [0.25, 0.3) is 72.4 Å². The van der Waals surface area contributed by atoms with Crippen LogP contribution >= 0.6 is 0 Å². The minimum Gasteiger partial charge on any atom is -0.437 e. The number of pyridine rings is 1. The monoisotopic (exact) mass is 715 g/mol. The summed E-state index contributed by atoms with van der Waals surface area (Å²) < 4.78 is 52.6. The highest BCUT2D eigenvalue weighted by atomic mass is 16.3. The predicted octanol–water partition coefficient (Wildman–Crippen LogP) is 13.2. The molecule has 0 unspecified atom stereocenters. The topological polar surface area (TPSA) is 34.8 Å². The molecule has 3 aromatic heterocycles. The molecule has 8 rings (SSSR count). The maximum atomic E-state index is 8.71. The lowest BCUT2D eigenvalue weighted by molar-refractivity contribution is -0.633. The van der Waals surface area contributed by atoms with E-state index in [1.165, 1.54) is 11.1 Å². The van der Waals surface area contributed by atoms with Crippen molar-refractivity contribution in [2.75, 3.05) is 0 Å². The summed E-state index contributed by atoms with van der Waals surface area (Å²) in [6, 6.07) is 37.3. The summed E-state index contributed by atoms with van der Waals surface area (Å²) in [5, 5.41) is 1.66. The van der Waals surface area contributed by atoms with Gasteiger partial charge in [-0.2, -0.15) is 4.57 Å². The Hall–Kier alpha value is -5.48. The number of aromatic nitrogens is 3. The summed E-state index contributed by atoms with van der Waals surface area (Å²) in [6.45, 7) is 14.6. The maximum absolute atomic E-state index is 8.71. The first-order valence-electron chi connectivity index (χ1n) is 21.5. The molecule has 0 radical (unpaired) electrons. The van der Waals surface area contributed by atoms with Crippen LogP contribution in [0, 0.1) is 19.2 Å². The minimum absolute atomic E-state index is 0.0101. The van der Waals surface area contributed by atoms with Crippen LogP contribution in [0.15, 0.2) is 114 Å². The van der Waals surface area contributed by atoms with E-state index in [1.807, 2.05) is 57.2 Å². The molecule has 0 amide bonds. The number of hydrogen-bond donors (Lipinski definition) is 0. The number of benzene rings is 5. The van der Waals surface area contributed by atoms with Gasteiger partial charge in [0.1, 0.15) is 11.3 Å². The molecule has 5 aromatic carbocycles. The van der Waals surface area contributed by atoms with Crippen LogP contribution in [0.1, 0.15) is 95.1 Å². The molecule has 54 heavy (non-hydrogen) atoms. The van der Waals surface area contributed by atoms with Crippen molar-refractivity contribution >= 4 is 33.1 Å². The second-order valence-corrected chi connectivity index (χ2v) is 16.3. The van der Waals surface area contributed by atoms with E-state index in [1.54, 1.807) is 6.07 Å². The van der Waals surface area contributed by atoms with Gasteiger partial charge in [0.05, 0.1) is 7.05 Å². The lowest BCUT2D eigenvalue weighted by Gasteiger charge is -2.21. The van der Waals surface area contributed by atoms with E-state index in [0.717, 1.165) is 66.7 Å². The van der Waals surface area contributed by atoms with Crippen LogP contribution in [0.5, 0.6) is 0 Å². The van der Waals surface area contributed by atoms with Crippen molar-refractivity contribution in [2.24, 2.45) is 12.5 Å². The average Bonchev–Trinajstić information content (AvgIpc) is 3.70. The fourth-order valence-corrected chi connectivity index (χ4v) is 7.94. The molecule has 4 heteroatoms. The van der Waals surface area contributed by atoms with E-state index in [2.05, 4.69) is 123 Å². The summed E-state index contributed by atoms with van der Waals surface area (Å²) in [7, 11) is 2.11. The van der Waals surface area contributed by atoms with Gasteiger partial charge in [-0.3, -0.25) is 0 Å². The molecular weight excluding hydrogens is 659 g/mol. The van der Waals surface area contributed by atoms with E-state index < -0.39 is 18.6 Å². The molecule has 0 aliphatic rings. The Labute approximate surface area is 327 Å². The second kappa shape index (κ2) is 13.4. The number of imidazole rings is 1. The number of fused-ring (bicyclic) bond motifs is 4. The number of para-hydroxylation sites is 2. The molecule has 0 aliphatic carbocycles. The largest absolute Gasteiger partial charge is 0.437 e. The molecule has 0 N–H and O–H groups in total. The third-order valence-corrected chi connectivity index (χ3v) is 10.5. The fourth-order valence-electron chi connectivity index (χ4n) is 7.94. The van der Waals surface area contributed by atoms with Gasteiger partial charge in [0.25, 0.3) is 5.82 Å². The number of aryl methyl sites for hydroxylation is 3. The van der Waals surface area contributed by atoms with Crippen molar-refractivity contribution in [3.8, 4) is 39.3 Å². The normalized spacial score (nSPS) is 14.2. The molecule has 0 spiro atoms. The van der Waals surface area contributed by atoms with Gasteiger partial charge in [-0.15, -0.1) is 0 Å². The van der Waals surface area contributed by atoms with Gasteiger partial charge in [0.15, 0.2) is 16.6 Å². The molecule has 0 aliphatic heterocycles. The quantitative estimate of drug-likeness (QED) is 0.154. The summed E-state index contributed by atoms with van der Waals surface area (Å²) in [4.78, 5) is 4.49. The van der Waals surface area contributed by atoms with Crippen LogP contribution in [0.2, 0.25) is 0 Å². The third-order valence-electron chi connectivity index (χ3n) is 10.5. The third kappa shape index (κ3) is 6.22. The Balaban J connectivity index is 1.31. The van der Waals surface area contributed by atoms with Gasteiger partial charge in [-0.1, -0.05) is 121 Å². The molecule has 272 valence electrons. The smallest absolute Gasteiger partial charge is 0.299 e. The van der Waals surface area contributed by atoms with E-state index in [0.29, 0.717) is 16.9 Å². The van der Waals surface area contributed by atoms with Gasteiger partial charge >= 0.3 is 0 Å². The fraction of sp³-hybridized carbons (Fsp3) is 0.280. The number of rotatable bonds is 7. The Kier molecular flexibility index (Phi) is 7.44. The first-order chi connectivity index (χ1) is 27.8. The molecule has 8 aromatic rings. The van der Waals surface area contributed by atoms with Crippen molar-refractivity contribution < 1.29 is 15.8 Å². The number of nitrogens with zero attached hydrogens (tertiary/aromatic N) is 3. The van der Waals surface area contributed by atoms with Gasteiger partial charge in [0.2, 0.25) is 5.71 Å². The number of hydrogen-bond acceptors (Lipinski definition) is 2. The lowest BCUT2D eigenvalue weighted by atomic mass is 9.87. The van der Waals surface area contributed by atoms with E-state index in [9.17, 15) is 0 Å². The highest BCUT2D eigenvalue weighted by molar-refractivity contribution is 6.09. The molecule has 0 saturated carbocycles. The van der Waals surface area contributed by atoms with Crippen LogP contribution in [0.4, 0.5) is 0 Å². The van der Waals surface area contributed by atoms with Crippen molar-refractivity contribution in [1.29, 1.82) is 0 Å². The average molecular weight is 716 g/mol. The minimum atomic E-state index is -2.35. The molecule has 0 saturated heterocycles. The second-order valence-electron chi connectivity index (χ2n) is 16.3. The van der Waals surface area contributed by atoms with Crippen molar-refractivity contribution in [1.82, 2.24) is 9.55 Å². The highest BCUT2D eigenvalue weighted by Gasteiger charge is 2.34. The summed E-state index contributed by atoms with van der Waals surface area (Å²) >= 11 is 0. The van der Waals surface area contributed by atoms with Crippen LogP contribution in [-0.4, -0.2) is 9.55 Å². The van der Waals surface area contributed by atoms with Crippen LogP contribution < -0.4 is 4.57 Å². The summed E-state index contributed by atoms with van der Waals surface area (Å²) in [5.41, 5.74) is 13.3. The molecule has 3 heterocycles. The first-order valence-corrected chi connectivity index (χ1v) is 19.0. The first kappa shape index (κ1) is 29.9. The van der Waals surface area contributed by atoms with Crippen molar-refractivity contribution in [3.05, 3.63) is 137 Å². The Morgan fingerprint density at radius 1 is 0.759 bits per heavy atom. The van der Waals surface area contributed by atoms with E-state index >= 15 is 0 Å². The maximum Gasteiger partial charge on any atom is 0.299 e. The summed E-state index contributed by atoms with van der Waals surface area (Å²) in [6.07, 6.45) is -1.45. The molecule has 0 atom stereocenters. The zero-order valence-electron chi connectivity index (χ0n) is 37.8. The predicted molar refractivity (Wildman–Crippen MR) is 227 cm³/mol. The molecule has 4 nitrogen and oxygen atoms in total. The number of furan rings is 1. The molecular formula is C50H52N3O+. The van der Waals surface area contributed by atoms with Gasteiger partial charge in [-0.25, -0.2) is 9.55 Å². The standard InChI is InChI=1S/C50H52N3O/c1-30(2)41-27-38(37-23-21-36(22-24-37)35-19-17-34(18-20-35)29-50(7,8)9)28-42(31(3)4)46(41)53-44-14-12-11-13-43(44)52(10)49(53)45-32(5)15-25-39-40-26-16-33(6)51-48(40)54-47(39)45/h11-28,30-31H,29H2,1-10H3/q+1/i6D3,29D2. The highest BCUT2D eigenvalue weighted by Crippen LogP contribution is 2.43. The van der Waals surface area contributed by atoms with Gasteiger partial charge < -0.3 is 4.42 Å².